The lowest BCUT2D eigenvalue weighted by atomic mass is 10.0. The molecule has 0 bridgehead atoms. The standard InChI is InChI=1S/C25H29FN6O3/c1-33-17-8-7-15(21(10-17)34-2)14-28-25-29-20-12-22(35-3)19(26)11-18(20)24-30-23(31-32(24)25)16-6-4-5-9-27-13-16/h7-8,10-12,16,27H,4-6,9,13-14H2,1-3H3,(H,28,29). The van der Waals surface area contributed by atoms with Crippen molar-refractivity contribution in [1.29, 1.82) is 0 Å². The monoisotopic (exact) mass is 480 g/mol. The van der Waals surface area contributed by atoms with Crippen molar-refractivity contribution in [3.8, 4) is 17.2 Å². The second kappa shape index (κ2) is 9.91. The van der Waals surface area contributed by atoms with Crippen LogP contribution < -0.4 is 24.8 Å². The quantitative estimate of drug-likeness (QED) is 0.411. The van der Waals surface area contributed by atoms with Gasteiger partial charge in [-0.25, -0.2) is 14.4 Å². The highest BCUT2D eigenvalue weighted by Gasteiger charge is 2.22. The van der Waals surface area contributed by atoms with Gasteiger partial charge in [0, 0.05) is 42.1 Å². The molecule has 10 heteroatoms. The summed E-state index contributed by atoms with van der Waals surface area (Å²) < 4.78 is 32.3. The maximum atomic E-state index is 14.6. The number of halogens is 1. The van der Waals surface area contributed by atoms with Crippen molar-refractivity contribution in [2.45, 2.75) is 31.7 Å². The van der Waals surface area contributed by atoms with Crippen molar-refractivity contribution in [2.24, 2.45) is 0 Å². The number of benzene rings is 2. The van der Waals surface area contributed by atoms with Crippen LogP contribution in [0.2, 0.25) is 0 Å². The largest absolute Gasteiger partial charge is 0.497 e. The first-order valence-corrected chi connectivity index (χ1v) is 11.7. The van der Waals surface area contributed by atoms with E-state index < -0.39 is 5.82 Å². The molecule has 2 aromatic carbocycles. The van der Waals surface area contributed by atoms with Gasteiger partial charge in [0.15, 0.2) is 23.0 Å². The predicted octanol–water partition coefficient (Wildman–Crippen LogP) is 3.91. The van der Waals surface area contributed by atoms with Crippen LogP contribution in [0.1, 0.15) is 36.6 Å². The lowest BCUT2D eigenvalue weighted by Crippen LogP contribution is -2.20. The number of aromatic nitrogens is 4. The zero-order valence-corrected chi connectivity index (χ0v) is 20.1. The van der Waals surface area contributed by atoms with Gasteiger partial charge in [-0.2, -0.15) is 4.52 Å². The van der Waals surface area contributed by atoms with E-state index >= 15 is 0 Å². The van der Waals surface area contributed by atoms with Crippen LogP contribution in [0.15, 0.2) is 30.3 Å². The smallest absolute Gasteiger partial charge is 0.226 e. The highest BCUT2D eigenvalue weighted by molar-refractivity contribution is 5.93. The Morgan fingerprint density at radius 2 is 1.91 bits per heavy atom. The molecule has 0 amide bonds. The summed E-state index contributed by atoms with van der Waals surface area (Å²) in [6.45, 7) is 2.24. The minimum atomic E-state index is -0.465. The molecule has 5 rings (SSSR count). The maximum absolute atomic E-state index is 14.6. The summed E-state index contributed by atoms with van der Waals surface area (Å²) in [7, 11) is 4.67. The molecule has 1 aliphatic rings. The van der Waals surface area contributed by atoms with Crippen LogP contribution in [0.4, 0.5) is 10.3 Å². The number of methoxy groups -OCH3 is 3. The second-order valence-corrected chi connectivity index (χ2v) is 8.57. The van der Waals surface area contributed by atoms with Crippen molar-refractivity contribution in [1.82, 2.24) is 24.9 Å². The van der Waals surface area contributed by atoms with E-state index in [4.69, 9.17) is 29.3 Å². The fourth-order valence-electron chi connectivity index (χ4n) is 4.48. The third-order valence-corrected chi connectivity index (χ3v) is 6.40. The summed E-state index contributed by atoms with van der Waals surface area (Å²) in [4.78, 5) is 9.61. The fourth-order valence-corrected chi connectivity index (χ4v) is 4.48. The third-order valence-electron chi connectivity index (χ3n) is 6.40. The number of hydrogen-bond donors (Lipinski definition) is 2. The Balaban J connectivity index is 1.58. The Morgan fingerprint density at radius 1 is 1.06 bits per heavy atom. The number of nitrogens with one attached hydrogen (secondary N) is 2. The molecule has 0 saturated carbocycles. The topological polar surface area (TPSA) is 94.8 Å². The minimum Gasteiger partial charge on any atom is -0.497 e. The Labute approximate surface area is 202 Å². The predicted molar refractivity (Wildman–Crippen MR) is 131 cm³/mol. The molecule has 3 heterocycles. The number of fused-ring (bicyclic) bond motifs is 3. The van der Waals surface area contributed by atoms with Crippen molar-refractivity contribution in [3.63, 3.8) is 0 Å². The lowest BCUT2D eigenvalue weighted by Gasteiger charge is -2.13. The highest BCUT2D eigenvalue weighted by Crippen LogP contribution is 2.30. The summed E-state index contributed by atoms with van der Waals surface area (Å²) in [5, 5.41) is 12.2. The molecule has 35 heavy (non-hydrogen) atoms. The molecular weight excluding hydrogens is 451 g/mol. The molecule has 0 aliphatic carbocycles. The first kappa shape index (κ1) is 23.1. The molecule has 1 saturated heterocycles. The fraction of sp³-hybridized carbons (Fsp3) is 0.400. The molecule has 1 aliphatic heterocycles. The van der Waals surface area contributed by atoms with Gasteiger partial charge in [-0.15, -0.1) is 5.10 Å². The van der Waals surface area contributed by atoms with Crippen molar-refractivity contribution in [3.05, 3.63) is 47.5 Å². The average molecular weight is 481 g/mol. The summed E-state index contributed by atoms with van der Waals surface area (Å²) in [5.41, 5.74) is 2.05. The molecule has 184 valence electrons. The summed E-state index contributed by atoms with van der Waals surface area (Å²) in [5.74, 6) is 2.49. The van der Waals surface area contributed by atoms with Gasteiger partial charge in [-0.3, -0.25) is 0 Å². The first-order valence-electron chi connectivity index (χ1n) is 11.7. The number of hydrogen-bond acceptors (Lipinski definition) is 8. The minimum absolute atomic E-state index is 0.129. The molecule has 2 N–H and O–H groups in total. The van der Waals surface area contributed by atoms with E-state index in [0.717, 1.165) is 43.7 Å². The van der Waals surface area contributed by atoms with Crippen LogP contribution >= 0.6 is 0 Å². The summed E-state index contributed by atoms with van der Waals surface area (Å²) >= 11 is 0. The van der Waals surface area contributed by atoms with E-state index in [1.165, 1.54) is 13.2 Å². The van der Waals surface area contributed by atoms with E-state index in [9.17, 15) is 4.39 Å². The van der Waals surface area contributed by atoms with Gasteiger partial charge in [-0.1, -0.05) is 6.42 Å². The molecule has 9 nitrogen and oxygen atoms in total. The molecule has 0 spiro atoms. The highest BCUT2D eigenvalue weighted by atomic mass is 19.1. The van der Waals surface area contributed by atoms with Crippen LogP contribution in [0.25, 0.3) is 16.6 Å². The average Bonchev–Trinajstić information content (AvgIpc) is 3.15. The number of nitrogens with zero attached hydrogens (tertiary/aromatic N) is 4. The van der Waals surface area contributed by atoms with Crippen LogP contribution in [0.5, 0.6) is 17.2 Å². The zero-order valence-electron chi connectivity index (χ0n) is 20.1. The van der Waals surface area contributed by atoms with Gasteiger partial charge in [0.2, 0.25) is 5.95 Å². The van der Waals surface area contributed by atoms with E-state index in [-0.39, 0.29) is 11.7 Å². The normalized spacial score (nSPS) is 16.3. The van der Waals surface area contributed by atoms with E-state index in [0.29, 0.717) is 40.5 Å². The number of anilines is 1. The van der Waals surface area contributed by atoms with Gasteiger partial charge in [0.05, 0.1) is 26.8 Å². The molecule has 0 radical (unpaired) electrons. The summed E-state index contributed by atoms with van der Waals surface area (Å²) in [6, 6.07) is 8.65. The molecular formula is C25H29FN6O3. The number of ether oxygens (including phenoxy) is 3. The molecule has 2 aromatic heterocycles. The first-order chi connectivity index (χ1) is 17.1. The van der Waals surface area contributed by atoms with Gasteiger partial charge in [-0.05, 0) is 37.6 Å². The maximum Gasteiger partial charge on any atom is 0.226 e. The van der Waals surface area contributed by atoms with Crippen molar-refractivity contribution in [2.75, 3.05) is 39.7 Å². The van der Waals surface area contributed by atoms with Gasteiger partial charge < -0.3 is 24.8 Å². The lowest BCUT2D eigenvalue weighted by molar-refractivity contribution is 0.387. The van der Waals surface area contributed by atoms with Crippen molar-refractivity contribution < 1.29 is 18.6 Å². The second-order valence-electron chi connectivity index (χ2n) is 8.57. The van der Waals surface area contributed by atoms with E-state index in [1.807, 2.05) is 18.2 Å². The number of rotatable bonds is 7. The van der Waals surface area contributed by atoms with E-state index in [2.05, 4.69) is 10.6 Å². The zero-order chi connectivity index (χ0) is 24.4. The van der Waals surface area contributed by atoms with Crippen molar-refractivity contribution >= 4 is 22.5 Å². The Bertz CT molecular complexity index is 1350. The Hall–Kier alpha value is -3.66. The third kappa shape index (κ3) is 4.53. The SMILES string of the molecule is COc1ccc(CNc2nc3cc(OC)c(F)cc3c3nc(C4CCCCNC4)nn23)c(OC)c1. The molecule has 1 unspecified atom stereocenters. The van der Waals surface area contributed by atoms with E-state index in [1.54, 1.807) is 24.8 Å². The van der Waals surface area contributed by atoms with Crippen LogP contribution in [0, 0.1) is 5.82 Å². The summed E-state index contributed by atoms with van der Waals surface area (Å²) in [6.07, 6.45) is 3.25. The molecule has 1 atom stereocenters. The van der Waals surface area contributed by atoms with Gasteiger partial charge in [0.1, 0.15) is 11.5 Å². The van der Waals surface area contributed by atoms with Crippen LogP contribution in [-0.2, 0) is 6.54 Å². The van der Waals surface area contributed by atoms with Gasteiger partial charge in [0.25, 0.3) is 0 Å². The Kier molecular flexibility index (Phi) is 6.54. The molecule has 1 fully saturated rings. The van der Waals surface area contributed by atoms with Gasteiger partial charge >= 0.3 is 0 Å². The Morgan fingerprint density at radius 3 is 2.71 bits per heavy atom. The van der Waals surface area contributed by atoms with Crippen LogP contribution in [0.3, 0.4) is 0 Å². The molecule has 4 aromatic rings. The van der Waals surface area contributed by atoms with Crippen LogP contribution in [-0.4, -0.2) is 54.0 Å².